The topological polar surface area (TPSA) is 37.6 Å². The molecule has 0 fully saturated rings. The van der Waals surface area contributed by atoms with Gasteiger partial charge < -0.3 is 0 Å². The maximum Gasteiger partial charge on any atom is 0.160 e. The number of allylic oxidation sites excluding steroid dienone is 1. The lowest BCUT2D eigenvalue weighted by Crippen LogP contribution is -1.96. The van der Waals surface area contributed by atoms with E-state index in [0.29, 0.717) is 5.84 Å². The highest BCUT2D eigenvalue weighted by Gasteiger charge is 1.99. The number of aliphatic imine (C=N–C) groups is 2. The third kappa shape index (κ3) is 2.88. The van der Waals surface area contributed by atoms with Gasteiger partial charge in [-0.05, 0) is 41.7 Å². The zero-order chi connectivity index (χ0) is 10.4. The van der Waals surface area contributed by atoms with Gasteiger partial charge in [-0.15, -0.1) is 0 Å². The fourth-order valence-corrected chi connectivity index (χ4v) is 1.09. The third-order valence-electron chi connectivity index (χ3n) is 1.48. The molecule has 3 nitrogen and oxygen atoms in total. The summed E-state index contributed by atoms with van der Waals surface area (Å²) in [5.74, 6) is 0.572. The maximum absolute atomic E-state index is 4.11. The molecule has 1 rings (SSSR count). The Balaban J connectivity index is 3.01. The van der Waals surface area contributed by atoms with Crippen molar-refractivity contribution in [1.29, 1.82) is 0 Å². The smallest absolute Gasteiger partial charge is 0.160 e. The van der Waals surface area contributed by atoms with Crippen molar-refractivity contribution >= 4 is 28.5 Å². The monoisotopic (exact) mass is 251 g/mol. The van der Waals surface area contributed by atoms with E-state index >= 15 is 0 Å². The third-order valence-corrected chi connectivity index (χ3v) is 1.95. The molecule has 0 saturated heterocycles. The molecule has 0 bridgehead atoms. The van der Waals surface area contributed by atoms with Gasteiger partial charge in [0.1, 0.15) is 4.60 Å². The first-order chi connectivity index (χ1) is 6.77. The highest BCUT2D eigenvalue weighted by Crippen LogP contribution is 2.07. The predicted octanol–water partition coefficient (Wildman–Crippen LogP) is 2.82. The van der Waals surface area contributed by atoms with Crippen LogP contribution in [0.3, 0.4) is 0 Å². The lowest BCUT2D eigenvalue weighted by molar-refractivity contribution is 1.26. The van der Waals surface area contributed by atoms with Gasteiger partial charge in [0.15, 0.2) is 5.84 Å². The Hall–Kier alpha value is -1.29. The molecule has 0 radical (unpaired) electrons. The molecule has 0 amide bonds. The molecule has 4 heteroatoms. The van der Waals surface area contributed by atoms with Gasteiger partial charge in [-0.1, -0.05) is 6.08 Å². The summed E-state index contributed by atoms with van der Waals surface area (Å²) in [5.41, 5.74) is 0.848. The standard InChI is InChI=1S/C10H10BrN3/c1-3-6-13-10(12-2)8-4-5-9(11)14-7-8/h3-7H,2H2,1H3/b6-3-,13-10-. The van der Waals surface area contributed by atoms with Gasteiger partial charge >= 0.3 is 0 Å². The van der Waals surface area contributed by atoms with Crippen molar-refractivity contribution < 1.29 is 0 Å². The minimum atomic E-state index is 0.572. The second-order valence-corrected chi connectivity index (χ2v) is 3.28. The number of rotatable bonds is 2. The van der Waals surface area contributed by atoms with Crippen LogP contribution in [0.5, 0.6) is 0 Å². The van der Waals surface area contributed by atoms with Gasteiger partial charge in [0.2, 0.25) is 0 Å². The van der Waals surface area contributed by atoms with Crippen LogP contribution in [-0.2, 0) is 0 Å². The number of nitrogens with zero attached hydrogens (tertiary/aromatic N) is 3. The van der Waals surface area contributed by atoms with E-state index in [1.54, 1.807) is 12.4 Å². The Kier molecular flexibility index (Phi) is 4.19. The zero-order valence-electron chi connectivity index (χ0n) is 7.81. The molecule has 0 saturated carbocycles. The summed E-state index contributed by atoms with van der Waals surface area (Å²) in [5, 5.41) is 0. The number of hydrogen-bond acceptors (Lipinski definition) is 2. The van der Waals surface area contributed by atoms with Crippen LogP contribution in [0.2, 0.25) is 0 Å². The van der Waals surface area contributed by atoms with E-state index in [-0.39, 0.29) is 0 Å². The average molecular weight is 252 g/mol. The number of pyridine rings is 1. The van der Waals surface area contributed by atoms with Gasteiger partial charge in [-0.25, -0.2) is 15.0 Å². The number of aromatic nitrogens is 1. The van der Waals surface area contributed by atoms with Gasteiger partial charge in [0.05, 0.1) is 0 Å². The molecule has 0 spiro atoms. The molecule has 0 aliphatic rings. The fourth-order valence-electron chi connectivity index (χ4n) is 0.860. The summed E-state index contributed by atoms with van der Waals surface area (Å²) < 4.78 is 0.788. The quantitative estimate of drug-likeness (QED) is 0.453. The molecule has 0 unspecified atom stereocenters. The van der Waals surface area contributed by atoms with Crippen LogP contribution in [-0.4, -0.2) is 17.5 Å². The normalized spacial score (nSPS) is 12.0. The Labute approximate surface area is 91.4 Å². The van der Waals surface area contributed by atoms with Crippen LogP contribution >= 0.6 is 15.9 Å². The Morgan fingerprint density at radius 2 is 2.36 bits per heavy atom. The summed E-state index contributed by atoms with van der Waals surface area (Å²) in [6, 6.07) is 3.72. The van der Waals surface area contributed by atoms with Crippen LogP contribution in [0.25, 0.3) is 0 Å². The fraction of sp³-hybridized carbons (Fsp3) is 0.100. The molecule has 1 aromatic heterocycles. The van der Waals surface area contributed by atoms with Crippen molar-refractivity contribution in [3.05, 3.63) is 40.8 Å². The van der Waals surface area contributed by atoms with Crippen LogP contribution in [0.1, 0.15) is 12.5 Å². The van der Waals surface area contributed by atoms with Gasteiger partial charge in [0, 0.05) is 18.0 Å². The van der Waals surface area contributed by atoms with E-state index in [2.05, 4.69) is 37.6 Å². The lowest BCUT2D eigenvalue weighted by Gasteiger charge is -1.98. The van der Waals surface area contributed by atoms with E-state index < -0.39 is 0 Å². The summed E-state index contributed by atoms with van der Waals surface area (Å²) in [4.78, 5) is 12.0. The SMILES string of the molecule is C=N/C(=N\C=C/C)c1ccc(Br)nc1. The Morgan fingerprint density at radius 3 is 2.86 bits per heavy atom. The maximum atomic E-state index is 4.11. The Morgan fingerprint density at radius 1 is 1.57 bits per heavy atom. The van der Waals surface area contributed by atoms with Crippen LogP contribution in [0.4, 0.5) is 0 Å². The van der Waals surface area contributed by atoms with Crippen LogP contribution in [0.15, 0.2) is 45.2 Å². The molecular formula is C10H10BrN3. The number of amidine groups is 1. The zero-order valence-corrected chi connectivity index (χ0v) is 9.40. The first-order valence-electron chi connectivity index (χ1n) is 4.05. The van der Waals surface area contributed by atoms with Crippen molar-refractivity contribution in [2.75, 3.05) is 0 Å². The van der Waals surface area contributed by atoms with Gasteiger partial charge in [0.25, 0.3) is 0 Å². The molecular weight excluding hydrogens is 242 g/mol. The summed E-state index contributed by atoms with van der Waals surface area (Å²) in [6.45, 7) is 5.35. The summed E-state index contributed by atoms with van der Waals surface area (Å²) in [6.07, 6.45) is 5.20. The molecule has 14 heavy (non-hydrogen) atoms. The number of halogens is 1. The molecule has 1 aromatic rings. The average Bonchev–Trinajstić information content (AvgIpc) is 2.21. The Bertz CT molecular complexity index is 365. The van der Waals surface area contributed by atoms with Gasteiger partial charge in [-0.2, -0.15) is 0 Å². The van der Waals surface area contributed by atoms with Crippen molar-refractivity contribution in [3.63, 3.8) is 0 Å². The molecule has 1 heterocycles. The molecule has 0 N–H and O–H groups in total. The molecule has 0 atom stereocenters. The van der Waals surface area contributed by atoms with E-state index in [0.717, 1.165) is 10.2 Å². The van der Waals surface area contributed by atoms with Crippen LogP contribution < -0.4 is 0 Å². The predicted molar refractivity (Wildman–Crippen MR) is 62.8 cm³/mol. The lowest BCUT2D eigenvalue weighted by atomic mass is 10.3. The largest absolute Gasteiger partial charge is 0.249 e. The van der Waals surface area contributed by atoms with Crippen molar-refractivity contribution in [2.24, 2.45) is 9.98 Å². The minimum absolute atomic E-state index is 0.572. The van der Waals surface area contributed by atoms with Crippen molar-refractivity contribution in [2.45, 2.75) is 6.92 Å². The van der Waals surface area contributed by atoms with E-state index in [1.165, 1.54) is 0 Å². The van der Waals surface area contributed by atoms with E-state index in [1.807, 2.05) is 25.1 Å². The molecule has 0 aliphatic carbocycles. The second kappa shape index (κ2) is 5.44. The summed E-state index contributed by atoms with van der Waals surface area (Å²) in [7, 11) is 0. The minimum Gasteiger partial charge on any atom is -0.249 e. The van der Waals surface area contributed by atoms with Crippen LogP contribution in [0, 0.1) is 0 Å². The highest BCUT2D eigenvalue weighted by molar-refractivity contribution is 9.10. The molecule has 0 aliphatic heterocycles. The molecule has 0 aromatic carbocycles. The summed E-state index contributed by atoms with van der Waals surface area (Å²) >= 11 is 3.26. The second-order valence-electron chi connectivity index (χ2n) is 2.46. The van der Waals surface area contributed by atoms with E-state index in [4.69, 9.17) is 0 Å². The van der Waals surface area contributed by atoms with E-state index in [9.17, 15) is 0 Å². The first-order valence-corrected chi connectivity index (χ1v) is 4.85. The highest BCUT2D eigenvalue weighted by atomic mass is 79.9. The van der Waals surface area contributed by atoms with Crippen molar-refractivity contribution in [3.8, 4) is 0 Å². The first kappa shape index (κ1) is 10.8. The van der Waals surface area contributed by atoms with Crippen molar-refractivity contribution in [1.82, 2.24) is 4.98 Å². The molecule has 72 valence electrons. The number of hydrogen-bond donors (Lipinski definition) is 0. The van der Waals surface area contributed by atoms with Gasteiger partial charge in [-0.3, -0.25) is 0 Å².